The molecular weight excluding hydrogens is 234 g/mol. The molecule has 1 aliphatic rings. The van der Waals surface area contributed by atoms with Crippen LogP contribution < -0.4 is 0 Å². The first-order chi connectivity index (χ1) is 7.85. The topological polar surface area (TPSA) is 37.1 Å². The molecule has 4 heteroatoms. The Bertz CT molecular complexity index is 505. The molecule has 1 aromatic rings. The molecule has 1 heterocycles. The second-order valence-corrected chi connectivity index (χ2v) is 6.97. The summed E-state index contributed by atoms with van der Waals surface area (Å²) in [5, 5.41) is 0. The Kier molecular flexibility index (Phi) is 3.04. The van der Waals surface area contributed by atoms with Gasteiger partial charge in [0.1, 0.15) is 0 Å². The third-order valence-corrected chi connectivity index (χ3v) is 5.38. The van der Waals surface area contributed by atoms with Gasteiger partial charge in [-0.2, -0.15) is 4.31 Å². The molecule has 0 aromatic heterocycles. The molecule has 94 valence electrons. The van der Waals surface area contributed by atoms with Gasteiger partial charge in [0.2, 0.25) is 10.0 Å². The van der Waals surface area contributed by atoms with Crippen LogP contribution in [0.3, 0.4) is 0 Å². The van der Waals surface area contributed by atoms with Crippen molar-refractivity contribution in [2.75, 3.05) is 0 Å². The zero-order chi connectivity index (χ0) is 12.8. The first-order valence-corrected chi connectivity index (χ1v) is 7.40. The van der Waals surface area contributed by atoms with Crippen molar-refractivity contribution >= 4 is 10.0 Å². The quantitative estimate of drug-likeness (QED) is 0.776. The van der Waals surface area contributed by atoms with E-state index < -0.39 is 10.0 Å². The largest absolute Gasteiger partial charge is 0.243 e. The van der Waals surface area contributed by atoms with Crippen molar-refractivity contribution in [1.29, 1.82) is 0 Å². The van der Waals surface area contributed by atoms with E-state index in [1.54, 1.807) is 16.4 Å². The predicted molar refractivity (Wildman–Crippen MR) is 68.3 cm³/mol. The van der Waals surface area contributed by atoms with Crippen LogP contribution in [0.2, 0.25) is 0 Å². The molecule has 1 aliphatic heterocycles. The fourth-order valence-corrected chi connectivity index (χ4v) is 4.38. The molecule has 0 bridgehead atoms. The first kappa shape index (κ1) is 12.6. The van der Waals surface area contributed by atoms with Crippen LogP contribution in [-0.4, -0.2) is 24.8 Å². The summed E-state index contributed by atoms with van der Waals surface area (Å²) in [6.07, 6.45) is 0. The Hall–Kier alpha value is -0.870. The standard InChI is InChI=1S/C13H19NO2S/c1-9(2)13-11(4)14(13)17(15,16)12-7-5-10(3)6-8-12/h5-9,11,13H,1-4H3/t11-,13+,14?/m0/s1. The second-order valence-electron chi connectivity index (χ2n) is 5.12. The Labute approximate surface area is 104 Å². The third kappa shape index (κ3) is 2.11. The summed E-state index contributed by atoms with van der Waals surface area (Å²) in [5.41, 5.74) is 1.07. The number of sulfonamides is 1. The summed E-state index contributed by atoms with van der Waals surface area (Å²) in [7, 11) is -3.29. The van der Waals surface area contributed by atoms with Crippen molar-refractivity contribution in [2.45, 2.75) is 44.7 Å². The summed E-state index contributed by atoms with van der Waals surface area (Å²) in [6.45, 7) is 8.04. The van der Waals surface area contributed by atoms with E-state index in [9.17, 15) is 8.42 Å². The van der Waals surface area contributed by atoms with E-state index in [-0.39, 0.29) is 12.1 Å². The molecular formula is C13H19NO2S. The van der Waals surface area contributed by atoms with Crippen LogP contribution in [-0.2, 0) is 10.0 Å². The molecule has 17 heavy (non-hydrogen) atoms. The van der Waals surface area contributed by atoms with Crippen molar-refractivity contribution < 1.29 is 8.42 Å². The minimum Gasteiger partial charge on any atom is -0.207 e. The molecule has 2 rings (SSSR count). The smallest absolute Gasteiger partial charge is 0.207 e. The van der Waals surface area contributed by atoms with Crippen LogP contribution in [0.1, 0.15) is 26.3 Å². The third-order valence-electron chi connectivity index (χ3n) is 3.38. The lowest BCUT2D eigenvalue weighted by Crippen LogP contribution is -2.17. The average molecular weight is 253 g/mol. The van der Waals surface area contributed by atoms with Crippen LogP contribution in [0.25, 0.3) is 0 Å². The zero-order valence-corrected chi connectivity index (χ0v) is 11.5. The van der Waals surface area contributed by atoms with E-state index in [4.69, 9.17) is 0 Å². The number of hydrogen-bond acceptors (Lipinski definition) is 2. The van der Waals surface area contributed by atoms with Gasteiger partial charge in [-0.25, -0.2) is 8.42 Å². The number of rotatable bonds is 3. The Morgan fingerprint density at radius 3 is 2.12 bits per heavy atom. The van der Waals surface area contributed by atoms with Gasteiger partial charge >= 0.3 is 0 Å². The summed E-state index contributed by atoms with van der Waals surface area (Å²) in [4.78, 5) is 0.401. The van der Waals surface area contributed by atoms with Crippen molar-refractivity contribution in [3.63, 3.8) is 0 Å². The van der Waals surface area contributed by atoms with E-state index in [0.29, 0.717) is 10.8 Å². The molecule has 1 fully saturated rings. The lowest BCUT2D eigenvalue weighted by Gasteiger charge is -2.08. The van der Waals surface area contributed by atoms with Crippen molar-refractivity contribution in [2.24, 2.45) is 5.92 Å². The van der Waals surface area contributed by atoms with Gasteiger partial charge in [-0.05, 0) is 31.9 Å². The second kappa shape index (κ2) is 4.10. The highest BCUT2D eigenvalue weighted by molar-refractivity contribution is 7.89. The van der Waals surface area contributed by atoms with Crippen LogP contribution >= 0.6 is 0 Å². The minimum absolute atomic E-state index is 0.126. The van der Waals surface area contributed by atoms with Crippen molar-refractivity contribution in [1.82, 2.24) is 4.31 Å². The molecule has 0 aliphatic carbocycles. The number of aryl methyl sites for hydroxylation is 1. The maximum Gasteiger partial charge on any atom is 0.243 e. The molecule has 0 amide bonds. The maximum absolute atomic E-state index is 12.4. The summed E-state index contributed by atoms with van der Waals surface area (Å²) < 4.78 is 26.3. The van der Waals surface area contributed by atoms with E-state index in [1.807, 2.05) is 26.0 Å². The fourth-order valence-electron chi connectivity index (χ4n) is 2.41. The zero-order valence-electron chi connectivity index (χ0n) is 10.7. The normalized spacial score (nSPS) is 28.4. The van der Waals surface area contributed by atoms with Crippen LogP contribution in [0.5, 0.6) is 0 Å². The Morgan fingerprint density at radius 1 is 1.18 bits per heavy atom. The van der Waals surface area contributed by atoms with Crippen LogP contribution in [0.15, 0.2) is 29.2 Å². The van der Waals surface area contributed by atoms with E-state index in [0.717, 1.165) is 5.56 Å². The average Bonchev–Trinajstić information content (AvgIpc) is 2.91. The highest BCUT2D eigenvalue weighted by atomic mass is 32.2. The molecule has 1 unspecified atom stereocenters. The molecule has 3 nitrogen and oxygen atoms in total. The van der Waals surface area contributed by atoms with Crippen LogP contribution in [0, 0.1) is 12.8 Å². The molecule has 3 atom stereocenters. The molecule has 0 spiro atoms. The van der Waals surface area contributed by atoms with Gasteiger partial charge in [0.25, 0.3) is 0 Å². The monoisotopic (exact) mass is 253 g/mol. The lowest BCUT2D eigenvalue weighted by molar-refractivity contribution is 0.517. The van der Waals surface area contributed by atoms with Crippen molar-refractivity contribution in [3.05, 3.63) is 29.8 Å². The van der Waals surface area contributed by atoms with Gasteiger partial charge in [0, 0.05) is 12.1 Å². The molecule has 0 radical (unpaired) electrons. The van der Waals surface area contributed by atoms with Gasteiger partial charge in [-0.1, -0.05) is 31.5 Å². The van der Waals surface area contributed by atoms with E-state index in [1.165, 1.54) is 0 Å². The Balaban J connectivity index is 2.30. The molecule has 1 saturated heterocycles. The SMILES string of the molecule is Cc1ccc(S(=O)(=O)N2[C@H](C(C)C)[C@@H]2C)cc1. The number of benzene rings is 1. The fraction of sp³-hybridized carbons (Fsp3) is 0.538. The van der Waals surface area contributed by atoms with E-state index in [2.05, 4.69) is 13.8 Å². The van der Waals surface area contributed by atoms with E-state index >= 15 is 0 Å². The minimum atomic E-state index is -3.29. The molecule has 0 N–H and O–H groups in total. The van der Waals surface area contributed by atoms with Crippen molar-refractivity contribution in [3.8, 4) is 0 Å². The first-order valence-electron chi connectivity index (χ1n) is 5.96. The number of nitrogens with zero attached hydrogens (tertiary/aromatic N) is 1. The molecule has 1 aromatic carbocycles. The Morgan fingerprint density at radius 2 is 1.71 bits per heavy atom. The van der Waals surface area contributed by atoms with Gasteiger partial charge in [0.15, 0.2) is 0 Å². The van der Waals surface area contributed by atoms with Gasteiger partial charge in [-0.3, -0.25) is 0 Å². The highest BCUT2D eigenvalue weighted by Gasteiger charge is 2.53. The van der Waals surface area contributed by atoms with Gasteiger partial charge in [0.05, 0.1) is 4.90 Å². The van der Waals surface area contributed by atoms with Crippen LogP contribution in [0.4, 0.5) is 0 Å². The summed E-state index contributed by atoms with van der Waals surface area (Å²) in [5.74, 6) is 0.366. The highest BCUT2D eigenvalue weighted by Crippen LogP contribution is 2.39. The molecule has 0 saturated carbocycles. The summed E-state index contributed by atoms with van der Waals surface area (Å²) in [6, 6.07) is 7.33. The number of hydrogen-bond donors (Lipinski definition) is 0. The maximum atomic E-state index is 12.4. The van der Waals surface area contributed by atoms with Gasteiger partial charge < -0.3 is 0 Å². The summed E-state index contributed by atoms with van der Waals surface area (Å²) >= 11 is 0. The predicted octanol–water partition coefficient (Wildman–Crippen LogP) is 2.41. The lowest BCUT2D eigenvalue weighted by atomic mass is 10.1. The van der Waals surface area contributed by atoms with Gasteiger partial charge in [-0.15, -0.1) is 0 Å².